The van der Waals surface area contributed by atoms with E-state index >= 15 is 0 Å². The number of halogens is 2. The van der Waals surface area contributed by atoms with Crippen molar-refractivity contribution in [2.45, 2.75) is 11.3 Å². The standard InChI is InChI=1S/C17H17ClFNO5S/c1-24-17(21)11-25-16-7-2-12(10-15(16)19)8-9-20-26(22,23)14-5-3-13(18)4-6-14/h2-7,10,20H,8-9,11H2,1H3. The summed E-state index contributed by atoms with van der Waals surface area (Å²) in [6, 6.07) is 9.96. The lowest BCUT2D eigenvalue weighted by atomic mass is 10.1. The van der Waals surface area contributed by atoms with E-state index in [1.54, 1.807) is 6.07 Å². The van der Waals surface area contributed by atoms with Crippen LogP contribution in [0.25, 0.3) is 0 Å². The van der Waals surface area contributed by atoms with Gasteiger partial charge < -0.3 is 9.47 Å². The molecule has 140 valence electrons. The van der Waals surface area contributed by atoms with E-state index < -0.39 is 28.4 Å². The van der Waals surface area contributed by atoms with Crippen LogP contribution in [0.5, 0.6) is 5.75 Å². The predicted octanol–water partition coefficient (Wildman–Crippen LogP) is 2.55. The zero-order valence-electron chi connectivity index (χ0n) is 13.9. The highest BCUT2D eigenvalue weighted by Gasteiger charge is 2.13. The Labute approximate surface area is 155 Å². The van der Waals surface area contributed by atoms with Crippen molar-refractivity contribution in [1.82, 2.24) is 4.72 Å². The number of ether oxygens (including phenoxy) is 2. The molecule has 0 aromatic heterocycles. The van der Waals surface area contributed by atoms with Gasteiger partial charge in [0.15, 0.2) is 18.2 Å². The van der Waals surface area contributed by atoms with Gasteiger partial charge in [-0.3, -0.25) is 0 Å². The number of rotatable bonds is 8. The molecule has 2 aromatic carbocycles. The second-order valence-corrected chi connectivity index (χ2v) is 7.43. The molecule has 0 bridgehead atoms. The van der Waals surface area contributed by atoms with Crippen molar-refractivity contribution < 1.29 is 27.1 Å². The summed E-state index contributed by atoms with van der Waals surface area (Å²) >= 11 is 5.74. The molecule has 0 saturated carbocycles. The number of hydrogen-bond acceptors (Lipinski definition) is 5. The first kappa shape index (κ1) is 20.2. The fourth-order valence-electron chi connectivity index (χ4n) is 2.04. The molecule has 0 aliphatic carbocycles. The van der Waals surface area contributed by atoms with Gasteiger partial charge in [-0.15, -0.1) is 0 Å². The molecule has 0 atom stereocenters. The van der Waals surface area contributed by atoms with Crippen molar-refractivity contribution >= 4 is 27.6 Å². The van der Waals surface area contributed by atoms with E-state index in [1.165, 1.54) is 43.5 Å². The molecule has 0 saturated heterocycles. The number of sulfonamides is 1. The van der Waals surface area contributed by atoms with Gasteiger partial charge in [0, 0.05) is 11.6 Å². The smallest absolute Gasteiger partial charge is 0.343 e. The van der Waals surface area contributed by atoms with Gasteiger partial charge in [-0.25, -0.2) is 22.3 Å². The molecule has 9 heteroatoms. The molecule has 0 spiro atoms. The second kappa shape index (κ2) is 8.98. The first-order valence-electron chi connectivity index (χ1n) is 7.55. The maximum Gasteiger partial charge on any atom is 0.343 e. The quantitative estimate of drug-likeness (QED) is 0.687. The fourth-order valence-corrected chi connectivity index (χ4v) is 3.20. The van der Waals surface area contributed by atoms with Gasteiger partial charge in [0.05, 0.1) is 12.0 Å². The van der Waals surface area contributed by atoms with Crippen LogP contribution in [0.2, 0.25) is 5.02 Å². The number of benzene rings is 2. The molecule has 0 fully saturated rings. The summed E-state index contributed by atoms with van der Waals surface area (Å²) < 4.78 is 50.1. The third-order valence-electron chi connectivity index (χ3n) is 3.40. The average molecular weight is 402 g/mol. The molecule has 0 unspecified atom stereocenters. The molecule has 6 nitrogen and oxygen atoms in total. The summed E-state index contributed by atoms with van der Waals surface area (Å²) in [7, 11) is -2.46. The van der Waals surface area contributed by atoms with Gasteiger partial charge in [0.1, 0.15) is 0 Å². The zero-order chi connectivity index (χ0) is 19.2. The Hall–Kier alpha value is -2.16. The molecule has 0 aliphatic rings. The Bertz CT molecular complexity index is 871. The van der Waals surface area contributed by atoms with Gasteiger partial charge >= 0.3 is 5.97 Å². The molecular weight excluding hydrogens is 385 g/mol. The van der Waals surface area contributed by atoms with Crippen molar-refractivity contribution in [2.75, 3.05) is 20.3 Å². The molecule has 0 heterocycles. The van der Waals surface area contributed by atoms with E-state index in [0.29, 0.717) is 10.6 Å². The van der Waals surface area contributed by atoms with Gasteiger partial charge in [-0.05, 0) is 48.4 Å². The van der Waals surface area contributed by atoms with Crippen molar-refractivity contribution in [3.63, 3.8) is 0 Å². The molecular formula is C17H17ClFNO5S. The topological polar surface area (TPSA) is 81.7 Å². The summed E-state index contributed by atoms with van der Waals surface area (Å²) in [4.78, 5) is 11.1. The lowest BCUT2D eigenvalue weighted by Crippen LogP contribution is -2.26. The summed E-state index contributed by atoms with van der Waals surface area (Å²) in [5.41, 5.74) is 0.576. The molecule has 0 radical (unpaired) electrons. The van der Waals surface area contributed by atoms with Gasteiger partial charge in [0.25, 0.3) is 0 Å². The Kier molecular flexibility index (Phi) is 6.96. The average Bonchev–Trinajstić information content (AvgIpc) is 2.61. The monoisotopic (exact) mass is 401 g/mol. The Morgan fingerprint density at radius 1 is 1.19 bits per heavy atom. The maximum atomic E-state index is 13.9. The highest BCUT2D eigenvalue weighted by Crippen LogP contribution is 2.19. The number of hydrogen-bond donors (Lipinski definition) is 1. The van der Waals surface area contributed by atoms with Crippen LogP contribution in [0, 0.1) is 5.82 Å². The summed E-state index contributed by atoms with van der Waals surface area (Å²) in [5, 5.41) is 0.439. The number of carbonyl (C=O) groups excluding carboxylic acids is 1. The molecule has 0 amide bonds. The van der Waals surface area contributed by atoms with Crippen LogP contribution in [0.1, 0.15) is 5.56 Å². The predicted molar refractivity (Wildman–Crippen MR) is 94.3 cm³/mol. The van der Waals surface area contributed by atoms with Crippen molar-refractivity contribution in [3.05, 3.63) is 58.9 Å². The van der Waals surface area contributed by atoms with Gasteiger partial charge in [-0.2, -0.15) is 0 Å². The maximum absolute atomic E-state index is 13.9. The SMILES string of the molecule is COC(=O)COc1ccc(CCNS(=O)(=O)c2ccc(Cl)cc2)cc1F. The summed E-state index contributed by atoms with van der Waals surface area (Å²) in [6.07, 6.45) is 0.279. The third kappa shape index (κ3) is 5.69. The van der Waals surface area contributed by atoms with Crippen LogP contribution in [0.4, 0.5) is 4.39 Å². The minimum absolute atomic E-state index is 0.0825. The highest BCUT2D eigenvalue weighted by atomic mass is 35.5. The number of esters is 1. The fraction of sp³-hybridized carbons (Fsp3) is 0.235. The second-order valence-electron chi connectivity index (χ2n) is 5.23. The van der Waals surface area contributed by atoms with E-state index in [-0.39, 0.29) is 23.6 Å². The molecule has 2 aromatic rings. The van der Waals surface area contributed by atoms with E-state index in [0.717, 1.165) is 0 Å². The minimum atomic E-state index is -3.67. The largest absolute Gasteiger partial charge is 0.479 e. The van der Waals surface area contributed by atoms with E-state index in [4.69, 9.17) is 16.3 Å². The third-order valence-corrected chi connectivity index (χ3v) is 5.13. The van der Waals surface area contributed by atoms with Crippen LogP contribution < -0.4 is 9.46 Å². The normalized spacial score (nSPS) is 11.2. The van der Waals surface area contributed by atoms with Crippen LogP contribution in [0.3, 0.4) is 0 Å². The Morgan fingerprint density at radius 2 is 1.88 bits per heavy atom. The first-order valence-corrected chi connectivity index (χ1v) is 9.41. The number of nitrogens with one attached hydrogen (secondary N) is 1. The Balaban J connectivity index is 1.92. The number of methoxy groups -OCH3 is 1. The molecule has 26 heavy (non-hydrogen) atoms. The zero-order valence-corrected chi connectivity index (χ0v) is 15.4. The first-order chi connectivity index (χ1) is 12.3. The van der Waals surface area contributed by atoms with Crippen molar-refractivity contribution in [3.8, 4) is 5.75 Å². The summed E-state index contributed by atoms with van der Waals surface area (Å²) in [6.45, 7) is -0.305. The lowest BCUT2D eigenvalue weighted by molar-refractivity contribution is -0.142. The Morgan fingerprint density at radius 3 is 2.50 bits per heavy atom. The molecule has 0 aliphatic heterocycles. The van der Waals surface area contributed by atoms with Gasteiger partial charge in [0.2, 0.25) is 10.0 Å². The van der Waals surface area contributed by atoms with Crippen molar-refractivity contribution in [2.24, 2.45) is 0 Å². The molecule has 2 rings (SSSR count). The minimum Gasteiger partial charge on any atom is -0.479 e. The van der Waals surface area contributed by atoms with E-state index in [1.807, 2.05) is 0 Å². The summed E-state index contributed by atoms with van der Waals surface area (Å²) in [5.74, 6) is -1.35. The van der Waals surface area contributed by atoms with E-state index in [9.17, 15) is 17.6 Å². The van der Waals surface area contributed by atoms with E-state index in [2.05, 4.69) is 9.46 Å². The molecule has 1 N–H and O–H groups in total. The highest BCUT2D eigenvalue weighted by molar-refractivity contribution is 7.89. The van der Waals surface area contributed by atoms with Crippen LogP contribution in [-0.4, -0.2) is 34.6 Å². The van der Waals surface area contributed by atoms with Crippen LogP contribution in [-0.2, 0) is 26.0 Å². The van der Waals surface area contributed by atoms with Gasteiger partial charge in [-0.1, -0.05) is 17.7 Å². The van der Waals surface area contributed by atoms with Crippen LogP contribution >= 0.6 is 11.6 Å². The van der Waals surface area contributed by atoms with Crippen molar-refractivity contribution in [1.29, 1.82) is 0 Å². The van der Waals surface area contributed by atoms with Crippen LogP contribution in [0.15, 0.2) is 47.4 Å². The lowest BCUT2D eigenvalue weighted by Gasteiger charge is -2.09. The number of carbonyl (C=O) groups is 1.